The van der Waals surface area contributed by atoms with Crippen molar-refractivity contribution in [1.82, 2.24) is 9.97 Å². The lowest BCUT2D eigenvalue weighted by molar-refractivity contribution is -0.140. The Morgan fingerprint density at radius 1 is 1.17 bits per heavy atom. The molecule has 2 N–H and O–H groups in total. The first-order valence-corrected chi connectivity index (χ1v) is 7.45. The quantitative estimate of drug-likeness (QED) is 0.757. The monoisotopic (exact) mass is 339 g/mol. The average molecular weight is 339 g/mol. The summed E-state index contributed by atoms with van der Waals surface area (Å²) in [4.78, 5) is 8.04. The number of methoxy groups -OCH3 is 1. The zero-order valence-electron chi connectivity index (χ0n) is 12.2. The highest BCUT2D eigenvalue weighted by Gasteiger charge is 2.34. The topological polar surface area (TPSA) is 61.0 Å². The molecule has 0 saturated heterocycles. The van der Waals surface area contributed by atoms with Crippen LogP contribution in [0.4, 0.5) is 18.9 Å². The predicted octanol–water partition coefficient (Wildman–Crippen LogP) is 4.28. The normalized spacial score (nSPS) is 11.9. The number of thiazole rings is 1. The number of nitrogens with zero attached hydrogens (tertiary/aromatic N) is 2. The summed E-state index contributed by atoms with van der Waals surface area (Å²) in [7, 11) is 1.55. The minimum absolute atomic E-state index is 0.182. The molecule has 0 amide bonds. The van der Waals surface area contributed by atoms with Crippen LogP contribution < -0.4 is 10.5 Å². The van der Waals surface area contributed by atoms with E-state index in [1.54, 1.807) is 19.2 Å². The molecule has 0 radical (unpaired) electrons. The zero-order chi connectivity index (χ0) is 16.8. The van der Waals surface area contributed by atoms with E-state index in [9.17, 15) is 13.2 Å². The Hall–Kier alpha value is -2.35. The average Bonchev–Trinajstić information content (AvgIpc) is 2.97. The second-order valence-corrected chi connectivity index (χ2v) is 5.83. The minimum atomic E-state index is -4.47. The molecular formula is C15H12F3N3OS. The van der Waals surface area contributed by atoms with Gasteiger partial charge in [0, 0.05) is 16.5 Å². The zero-order valence-corrected chi connectivity index (χ0v) is 13.0. The maximum Gasteiger partial charge on any atom is 0.434 e. The first-order chi connectivity index (χ1) is 10.8. The summed E-state index contributed by atoms with van der Waals surface area (Å²) < 4.78 is 43.2. The van der Waals surface area contributed by atoms with Crippen LogP contribution in [0, 0.1) is 6.92 Å². The second kappa shape index (κ2) is 5.38. The number of halogens is 3. The molecule has 2 heterocycles. The van der Waals surface area contributed by atoms with Gasteiger partial charge < -0.3 is 10.5 Å². The van der Waals surface area contributed by atoms with E-state index in [-0.39, 0.29) is 5.01 Å². The van der Waals surface area contributed by atoms with Crippen molar-refractivity contribution in [2.75, 3.05) is 12.8 Å². The van der Waals surface area contributed by atoms with E-state index in [0.717, 1.165) is 22.3 Å². The number of rotatable bonds is 2. The number of nitrogen functional groups attached to an aromatic ring is 1. The number of fused-ring (bicyclic) bond motifs is 1. The fourth-order valence-electron chi connectivity index (χ4n) is 2.24. The Kier molecular flexibility index (Phi) is 3.63. The standard InChI is InChI=1S/C15H12F3N3OS/c1-7-3-8(22-2)4-9-10(19)5-11(20-13(7)9)14-21-12(6-23-14)15(16,17)18/h3-6H,1-2H3,(H2,19,20). The van der Waals surface area contributed by atoms with Gasteiger partial charge in [-0.15, -0.1) is 11.3 Å². The third-order valence-corrected chi connectivity index (χ3v) is 4.22. The Labute approximate surface area is 133 Å². The number of pyridine rings is 1. The van der Waals surface area contributed by atoms with Gasteiger partial charge in [-0.25, -0.2) is 9.97 Å². The third kappa shape index (κ3) is 2.81. The fourth-order valence-corrected chi connectivity index (χ4v) is 3.03. The highest BCUT2D eigenvalue weighted by atomic mass is 32.1. The van der Waals surface area contributed by atoms with E-state index in [1.807, 2.05) is 6.92 Å². The Balaban J connectivity index is 2.16. The van der Waals surface area contributed by atoms with Crippen LogP contribution >= 0.6 is 11.3 Å². The summed E-state index contributed by atoms with van der Waals surface area (Å²) in [6.07, 6.45) is -4.47. The molecule has 2 aromatic heterocycles. The van der Waals surface area contributed by atoms with Crippen molar-refractivity contribution in [3.8, 4) is 16.5 Å². The van der Waals surface area contributed by atoms with Crippen molar-refractivity contribution in [2.45, 2.75) is 13.1 Å². The van der Waals surface area contributed by atoms with Crippen molar-refractivity contribution in [1.29, 1.82) is 0 Å². The van der Waals surface area contributed by atoms with Gasteiger partial charge in [0.2, 0.25) is 0 Å². The lowest BCUT2D eigenvalue weighted by atomic mass is 10.1. The molecule has 0 spiro atoms. The van der Waals surface area contributed by atoms with Gasteiger partial charge in [-0.2, -0.15) is 13.2 Å². The molecule has 0 fully saturated rings. The van der Waals surface area contributed by atoms with E-state index in [2.05, 4.69) is 9.97 Å². The number of hydrogen-bond donors (Lipinski definition) is 1. The number of anilines is 1. The number of benzene rings is 1. The maximum absolute atomic E-state index is 12.7. The molecule has 3 aromatic rings. The van der Waals surface area contributed by atoms with Crippen molar-refractivity contribution in [3.63, 3.8) is 0 Å². The molecule has 1 aromatic carbocycles. The first kappa shape index (κ1) is 15.5. The van der Waals surface area contributed by atoms with Crippen molar-refractivity contribution >= 4 is 27.9 Å². The molecule has 0 saturated carbocycles. The summed E-state index contributed by atoms with van der Waals surface area (Å²) in [5.74, 6) is 0.643. The lowest BCUT2D eigenvalue weighted by Gasteiger charge is -2.09. The predicted molar refractivity (Wildman–Crippen MR) is 83.6 cm³/mol. The van der Waals surface area contributed by atoms with Crippen LogP contribution in [0.1, 0.15) is 11.3 Å². The SMILES string of the molecule is COc1cc(C)c2nc(-c3nc(C(F)(F)F)cs3)cc(N)c2c1. The smallest absolute Gasteiger partial charge is 0.434 e. The Morgan fingerprint density at radius 3 is 2.52 bits per heavy atom. The Bertz CT molecular complexity index is 890. The number of ether oxygens (including phenoxy) is 1. The van der Waals surface area contributed by atoms with Gasteiger partial charge in [0.1, 0.15) is 16.5 Å². The van der Waals surface area contributed by atoms with Gasteiger partial charge in [0.05, 0.1) is 12.6 Å². The fraction of sp³-hybridized carbons (Fsp3) is 0.200. The van der Waals surface area contributed by atoms with Crippen molar-refractivity contribution < 1.29 is 17.9 Å². The summed E-state index contributed by atoms with van der Waals surface area (Å²) in [6.45, 7) is 1.84. The molecule has 3 rings (SSSR count). The summed E-state index contributed by atoms with van der Waals surface area (Å²) in [5.41, 5.74) is 7.28. The number of aryl methyl sites for hydroxylation is 1. The molecule has 0 bridgehead atoms. The third-order valence-electron chi connectivity index (χ3n) is 3.36. The molecule has 0 unspecified atom stereocenters. The number of hydrogen-bond acceptors (Lipinski definition) is 5. The van der Waals surface area contributed by atoms with E-state index < -0.39 is 11.9 Å². The van der Waals surface area contributed by atoms with Crippen LogP contribution in [0.25, 0.3) is 21.6 Å². The Morgan fingerprint density at radius 2 is 1.91 bits per heavy atom. The van der Waals surface area contributed by atoms with Crippen LogP contribution in [0.5, 0.6) is 5.75 Å². The van der Waals surface area contributed by atoms with Crippen LogP contribution in [-0.4, -0.2) is 17.1 Å². The highest BCUT2D eigenvalue weighted by molar-refractivity contribution is 7.13. The molecular weight excluding hydrogens is 327 g/mol. The van der Waals surface area contributed by atoms with Crippen LogP contribution in [0.15, 0.2) is 23.6 Å². The lowest BCUT2D eigenvalue weighted by Crippen LogP contribution is -2.05. The van der Waals surface area contributed by atoms with E-state index >= 15 is 0 Å². The van der Waals surface area contributed by atoms with Crippen LogP contribution in [0.2, 0.25) is 0 Å². The molecule has 0 aliphatic carbocycles. The molecule has 4 nitrogen and oxygen atoms in total. The van der Waals surface area contributed by atoms with Gasteiger partial charge in [-0.3, -0.25) is 0 Å². The molecule has 0 aliphatic heterocycles. The molecule has 8 heteroatoms. The molecule has 0 atom stereocenters. The van der Waals surface area contributed by atoms with Gasteiger partial charge in [0.25, 0.3) is 0 Å². The second-order valence-electron chi connectivity index (χ2n) is 4.97. The van der Waals surface area contributed by atoms with Gasteiger partial charge in [0.15, 0.2) is 5.69 Å². The number of alkyl halides is 3. The minimum Gasteiger partial charge on any atom is -0.497 e. The molecule has 23 heavy (non-hydrogen) atoms. The maximum atomic E-state index is 12.7. The largest absolute Gasteiger partial charge is 0.497 e. The van der Waals surface area contributed by atoms with Gasteiger partial charge in [-0.05, 0) is 30.7 Å². The summed E-state index contributed by atoms with van der Waals surface area (Å²) in [5, 5.41) is 1.84. The van der Waals surface area contributed by atoms with E-state index in [4.69, 9.17) is 10.5 Å². The van der Waals surface area contributed by atoms with E-state index in [0.29, 0.717) is 28.0 Å². The molecule has 0 aliphatic rings. The van der Waals surface area contributed by atoms with Gasteiger partial charge >= 0.3 is 6.18 Å². The van der Waals surface area contributed by atoms with Crippen molar-refractivity contribution in [2.24, 2.45) is 0 Å². The van der Waals surface area contributed by atoms with Crippen molar-refractivity contribution in [3.05, 3.63) is 34.8 Å². The molecule has 120 valence electrons. The summed E-state index contributed by atoms with van der Waals surface area (Å²) >= 11 is 0.886. The van der Waals surface area contributed by atoms with Crippen LogP contribution in [-0.2, 0) is 6.18 Å². The first-order valence-electron chi connectivity index (χ1n) is 6.57. The number of nitrogens with two attached hydrogens (primary N) is 1. The summed E-state index contributed by atoms with van der Waals surface area (Å²) in [6, 6.07) is 5.07. The van der Waals surface area contributed by atoms with E-state index in [1.165, 1.54) is 6.07 Å². The number of aromatic nitrogens is 2. The highest BCUT2D eigenvalue weighted by Crippen LogP contribution is 2.35. The van der Waals surface area contributed by atoms with Gasteiger partial charge in [-0.1, -0.05) is 0 Å². The van der Waals surface area contributed by atoms with Crippen LogP contribution in [0.3, 0.4) is 0 Å².